The van der Waals surface area contributed by atoms with Crippen LogP contribution in [0.25, 0.3) is 0 Å². The van der Waals surface area contributed by atoms with Crippen molar-refractivity contribution in [2.45, 2.75) is 52.9 Å². The van der Waals surface area contributed by atoms with Crippen molar-refractivity contribution >= 4 is 35.8 Å². The van der Waals surface area contributed by atoms with E-state index in [9.17, 15) is 4.79 Å². The average Bonchev–Trinajstić information content (AvgIpc) is 2.90. The Morgan fingerprint density at radius 2 is 1.71 bits per heavy atom. The van der Waals surface area contributed by atoms with Gasteiger partial charge in [0.1, 0.15) is 0 Å². The highest BCUT2D eigenvalue weighted by Gasteiger charge is 2.31. The van der Waals surface area contributed by atoms with Crippen LogP contribution >= 0.6 is 24.0 Å². The van der Waals surface area contributed by atoms with E-state index in [-0.39, 0.29) is 29.9 Å². The van der Waals surface area contributed by atoms with Crippen molar-refractivity contribution in [3.63, 3.8) is 0 Å². The highest BCUT2D eigenvalue weighted by Crippen LogP contribution is 2.41. The predicted molar refractivity (Wildman–Crippen MR) is 99.3 cm³/mol. The van der Waals surface area contributed by atoms with Crippen LogP contribution in [0.3, 0.4) is 0 Å². The quantitative estimate of drug-likeness (QED) is 0.261. The minimum atomic E-state index is 0. The lowest BCUT2D eigenvalue weighted by Crippen LogP contribution is -2.41. The number of carbonyl (C=O) groups excluding carboxylic acids is 1. The fraction of sp³-hybridized carbons (Fsp3) is 0.867. The van der Waals surface area contributed by atoms with Gasteiger partial charge in [-0.1, -0.05) is 19.8 Å². The second-order valence-corrected chi connectivity index (χ2v) is 5.67. The first kappa shape index (κ1) is 20.5. The molecule has 6 heteroatoms. The number of hydrogen-bond acceptors (Lipinski definition) is 2. The molecule has 0 bridgehead atoms. The van der Waals surface area contributed by atoms with Crippen LogP contribution in [0.1, 0.15) is 52.9 Å². The summed E-state index contributed by atoms with van der Waals surface area (Å²) in [5, 5.41) is 9.30. The maximum atomic E-state index is 10.8. The third kappa shape index (κ3) is 7.87. The molecule has 1 aliphatic rings. The summed E-state index contributed by atoms with van der Waals surface area (Å²) in [6.07, 6.45) is 6.50. The summed E-state index contributed by atoms with van der Waals surface area (Å²) in [4.78, 5) is 15.5. The predicted octanol–water partition coefficient (Wildman–Crippen LogP) is 2.27. The van der Waals surface area contributed by atoms with Gasteiger partial charge in [-0.2, -0.15) is 0 Å². The Morgan fingerprint density at radius 3 is 2.24 bits per heavy atom. The van der Waals surface area contributed by atoms with E-state index < -0.39 is 0 Å². The molecule has 0 aliphatic heterocycles. The zero-order valence-electron chi connectivity index (χ0n) is 13.6. The minimum Gasteiger partial charge on any atom is -0.357 e. The Labute approximate surface area is 146 Å². The van der Waals surface area contributed by atoms with Crippen LogP contribution in [0.4, 0.5) is 0 Å². The lowest BCUT2D eigenvalue weighted by molar-refractivity contribution is -0.118. The topological polar surface area (TPSA) is 65.5 Å². The molecule has 5 nitrogen and oxygen atoms in total. The monoisotopic (exact) mass is 410 g/mol. The van der Waals surface area contributed by atoms with Crippen molar-refractivity contribution in [2.24, 2.45) is 10.4 Å². The van der Waals surface area contributed by atoms with Crippen LogP contribution in [-0.4, -0.2) is 38.0 Å². The first-order valence-corrected chi connectivity index (χ1v) is 7.88. The first-order valence-electron chi connectivity index (χ1n) is 7.88. The van der Waals surface area contributed by atoms with Gasteiger partial charge in [0.25, 0.3) is 0 Å². The lowest BCUT2D eigenvalue weighted by atomic mass is 9.84. The minimum absolute atomic E-state index is 0. The van der Waals surface area contributed by atoms with Crippen LogP contribution in [0.5, 0.6) is 0 Å². The molecule has 1 fully saturated rings. The summed E-state index contributed by atoms with van der Waals surface area (Å²) < 4.78 is 0. The van der Waals surface area contributed by atoms with Gasteiger partial charge in [-0.05, 0) is 31.6 Å². The smallest absolute Gasteiger partial charge is 0.216 e. The number of nitrogens with zero attached hydrogens (tertiary/aromatic N) is 1. The van der Waals surface area contributed by atoms with Crippen molar-refractivity contribution in [1.82, 2.24) is 16.0 Å². The number of rotatable bonds is 7. The van der Waals surface area contributed by atoms with Gasteiger partial charge in [0.15, 0.2) is 5.96 Å². The van der Waals surface area contributed by atoms with E-state index in [4.69, 9.17) is 4.99 Å². The molecule has 0 heterocycles. The Bertz CT molecular complexity index is 328. The molecule has 1 aliphatic carbocycles. The van der Waals surface area contributed by atoms with Crippen molar-refractivity contribution in [1.29, 1.82) is 0 Å². The Balaban J connectivity index is 0.00000400. The van der Waals surface area contributed by atoms with Gasteiger partial charge in [-0.25, -0.2) is 0 Å². The summed E-state index contributed by atoms with van der Waals surface area (Å²) in [5.74, 6) is 0.863. The molecular weight excluding hydrogens is 379 g/mol. The first-order chi connectivity index (χ1) is 9.62. The highest BCUT2D eigenvalue weighted by atomic mass is 127. The van der Waals surface area contributed by atoms with Gasteiger partial charge >= 0.3 is 0 Å². The average molecular weight is 410 g/mol. The summed E-state index contributed by atoms with van der Waals surface area (Å²) in [7, 11) is 0. The highest BCUT2D eigenvalue weighted by molar-refractivity contribution is 14.0. The number of amides is 1. The normalized spacial score (nSPS) is 17.0. The van der Waals surface area contributed by atoms with E-state index in [1.807, 2.05) is 0 Å². The number of carbonyl (C=O) groups is 1. The lowest BCUT2D eigenvalue weighted by Gasteiger charge is -2.25. The van der Waals surface area contributed by atoms with E-state index in [0.29, 0.717) is 18.5 Å². The Hall–Kier alpha value is -0.530. The molecule has 0 spiro atoms. The van der Waals surface area contributed by atoms with Crippen molar-refractivity contribution in [2.75, 3.05) is 26.2 Å². The Kier molecular flexibility index (Phi) is 10.8. The van der Waals surface area contributed by atoms with Gasteiger partial charge in [-0.15, -0.1) is 24.0 Å². The molecule has 0 atom stereocenters. The van der Waals surface area contributed by atoms with Gasteiger partial charge in [0, 0.05) is 33.1 Å². The zero-order valence-corrected chi connectivity index (χ0v) is 16.0. The van der Waals surface area contributed by atoms with Crippen molar-refractivity contribution < 1.29 is 4.79 Å². The van der Waals surface area contributed by atoms with E-state index in [1.165, 1.54) is 39.0 Å². The molecule has 0 aromatic carbocycles. The third-order valence-electron chi connectivity index (χ3n) is 4.12. The van der Waals surface area contributed by atoms with E-state index >= 15 is 0 Å². The SMILES string of the molecule is CCNC(=NCC1(CC)CCCC1)NCCNC(C)=O.I. The number of aliphatic imine (C=N–C) groups is 1. The van der Waals surface area contributed by atoms with Crippen molar-refractivity contribution in [3.05, 3.63) is 0 Å². The fourth-order valence-corrected chi connectivity index (χ4v) is 2.76. The van der Waals surface area contributed by atoms with Gasteiger partial charge in [-0.3, -0.25) is 9.79 Å². The van der Waals surface area contributed by atoms with Gasteiger partial charge in [0.05, 0.1) is 0 Å². The van der Waals surface area contributed by atoms with Crippen LogP contribution in [0.2, 0.25) is 0 Å². The molecule has 0 aromatic rings. The van der Waals surface area contributed by atoms with Crippen LogP contribution in [-0.2, 0) is 4.79 Å². The molecule has 0 unspecified atom stereocenters. The second-order valence-electron chi connectivity index (χ2n) is 5.67. The summed E-state index contributed by atoms with van der Waals surface area (Å²) in [6.45, 7) is 8.95. The van der Waals surface area contributed by atoms with Crippen LogP contribution < -0.4 is 16.0 Å². The summed E-state index contributed by atoms with van der Waals surface area (Å²) in [6, 6.07) is 0. The molecular formula is C15H31IN4O. The molecule has 3 N–H and O–H groups in total. The fourth-order valence-electron chi connectivity index (χ4n) is 2.76. The molecule has 0 saturated heterocycles. The van der Waals surface area contributed by atoms with E-state index in [2.05, 4.69) is 29.8 Å². The molecule has 124 valence electrons. The van der Waals surface area contributed by atoms with E-state index in [1.54, 1.807) is 0 Å². The molecule has 21 heavy (non-hydrogen) atoms. The van der Waals surface area contributed by atoms with Crippen LogP contribution in [0.15, 0.2) is 4.99 Å². The molecule has 0 radical (unpaired) electrons. The van der Waals surface area contributed by atoms with Gasteiger partial charge in [0.2, 0.25) is 5.91 Å². The second kappa shape index (κ2) is 11.1. The summed E-state index contributed by atoms with van der Waals surface area (Å²) in [5.41, 5.74) is 0.417. The third-order valence-corrected chi connectivity index (χ3v) is 4.12. The zero-order chi connectivity index (χ0) is 14.8. The molecule has 0 aromatic heterocycles. The molecule has 1 saturated carbocycles. The number of guanidine groups is 1. The van der Waals surface area contributed by atoms with Crippen LogP contribution in [0, 0.1) is 5.41 Å². The standard InChI is InChI=1S/C15H30N4O.HI/c1-4-15(8-6-7-9-15)12-19-14(16-5-2)18-11-10-17-13(3)20;/h4-12H2,1-3H3,(H,17,20)(H2,16,18,19);1H. The summed E-state index contributed by atoms with van der Waals surface area (Å²) >= 11 is 0. The number of halogens is 1. The number of nitrogens with one attached hydrogen (secondary N) is 3. The largest absolute Gasteiger partial charge is 0.357 e. The van der Waals surface area contributed by atoms with Gasteiger partial charge < -0.3 is 16.0 Å². The Morgan fingerprint density at radius 1 is 1.10 bits per heavy atom. The molecule has 1 amide bonds. The van der Waals surface area contributed by atoms with E-state index in [0.717, 1.165) is 19.0 Å². The molecule has 1 rings (SSSR count). The number of hydrogen-bond donors (Lipinski definition) is 3. The maximum Gasteiger partial charge on any atom is 0.216 e. The maximum absolute atomic E-state index is 10.8. The van der Waals surface area contributed by atoms with Crippen molar-refractivity contribution in [3.8, 4) is 0 Å².